The maximum atomic E-state index is 5.48. The van der Waals surface area contributed by atoms with Gasteiger partial charge in [-0.1, -0.05) is 141 Å². The molecule has 1 aliphatic rings. The topological polar surface area (TPSA) is 35.6 Å². The smallest absolute Gasteiger partial charge is 0.235 e. The fourth-order valence-corrected chi connectivity index (χ4v) is 8.99. The van der Waals surface area contributed by atoms with E-state index in [4.69, 9.17) is 9.97 Å². The van der Waals surface area contributed by atoms with Crippen molar-refractivity contribution in [2.24, 2.45) is 0 Å². The van der Waals surface area contributed by atoms with Crippen LogP contribution in [0, 0.1) is 0 Å². The molecule has 0 radical (unpaired) electrons. The van der Waals surface area contributed by atoms with Gasteiger partial charge in [0.1, 0.15) is 0 Å². The van der Waals surface area contributed by atoms with Gasteiger partial charge < -0.3 is 4.57 Å². The van der Waals surface area contributed by atoms with Crippen LogP contribution in [0.25, 0.3) is 88.5 Å². The lowest BCUT2D eigenvalue weighted by molar-refractivity contribution is 0.667. The molecule has 4 heteroatoms. The Bertz CT molecular complexity index is 3040. The van der Waals surface area contributed by atoms with Gasteiger partial charge in [-0.15, -0.1) is 0 Å². The molecule has 0 amide bonds. The average molecular weight is 653 g/mol. The highest BCUT2D eigenvalue weighted by atomic mass is 15.2. The van der Waals surface area contributed by atoms with Crippen molar-refractivity contribution in [2.75, 3.05) is 0 Å². The molecule has 0 unspecified atom stereocenters. The third kappa shape index (κ3) is 3.74. The SMILES string of the molecule is CC1(C)c2ccccc2-c2c1c1c3ccccc3n(-c3ccccc3)c1c1c3ccccc3n(-c3nc(-c4ccccc4)c4ccccc4n3)c21. The van der Waals surface area contributed by atoms with Gasteiger partial charge in [0.15, 0.2) is 0 Å². The molecular weight excluding hydrogens is 621 g/mol. The first kappa shape index (κ1) is 28.3. The summed E-state index contributed by atoms with van der Waals surface area (Å²) in [5.74, 6) is 0.671. The highest BCUT2D eigenvalue weighted by Crippen LogP contribution is 2.58. The summed E-state index contributed by atoms with van der Waals surface area (Å²) in [6.07, 6.45) is 0. The minimum atomic E-state index is -0.259. The molecule has 7 aromatic carbocycles. The monoisotopic (exact) mass is 652 g/mol. The number of benzene rings is 7. The number of aromatic nitrogens is 4. The number of rotatable bonds is 3. The van der Waals surface area contributed by atoms with Crippen molar-refractivity contribution >= 4 is 54.5 Å². The normalized spacial score (nSPS) is 13.5. The van der Waals surface area contributed by atoms with Crippen LogP contribution in [0.4, 0.5) is 0 Å². The van der Waals surface area contributed by atoms with Crippen molar-refractivity contribution in [3.8, 4) is 34.0 Å². The van der Waals surface area contributed by atoms with E-state index in [1.54, 1.807) is 0 Å². The van der Waals surface area contributed by atoms with Gasteiger partial charge in [-0.25, -0.2) is 9.97 Å². The Morgan fingerprint density at radius 3 is 1.84 bits per heavy atom. The summed E-state index contributed by atoms with van der Waals surface area (Å²) in [6, 6.07) is 56.4. The molecule has 0 spiro atoms. The summed E-state index contributed by atoms with van der Waals surface area (Å²) >= 11 is 0. The lowest BCUT2D eigenvalue weighted by Gasteiger charge is -2.23. The van der Waals surface area contributed by atoms with Gasteiger partial charge >= 0.3 is 0 Å². The van der Waals surface area contributed by atoms with E-state index in [2.05, 4.69) is 181 Å². The second-order valence-electron chi connectivity index (χ2n) is 14.2. The molecule has 51 heavy (non-hydrogen) atoms. The van der Waals surface area contributed by atoms with Crippen LogP contribution in [-0.4, -0.2) is 19.1 Å². The Morgan fingerprint density at radius 2 is 1.08 bits per heavy atom. The van der Waals surface area contributed by atoms with Gasteiger partial charge in [-0.3, -0.25) is 4.57 Å². The lowest BCUT2D eigenvalue weighted by Crippen LogP contribution is -2.15. The van der Waals surface area contributed by atoms with Gasteiger partial charge in [0.25, 0.3) is 0 Å². The van der Waals surface area contributed by atoms with Crippen LogP contribution in [0.1, 0.15) is 25.0 Å². The van der Waals surface area contributed by atoms with Gasteiger partial charge in [-0.2, -0.15) is 0 Å². The summed E-state index contributed by atoms with van der Waals surface area (Å²) < 4.78 is 4.84. The molecular formula is C47H32N4. The Kier molecular flexibility index (Phi) is 5.70. The Hall–Kier alpha value is -6.52. The minimum Gasteiger partial charge on any atom is -0.309 e. The number of fused-ring (bicyclic) bond motifs is 13. The van der Waals surface area contributed by atoms with E-state index < -0.39 is 0 Å². The third-order valence-electron chi connectivity index (χ3n) is 11.1. The third-order valence-corrected chi connectivity index (χ3v) is 11.1. The van der Waals surface area contributed by atoms with Crippen LogP contribution in [0.2, 0.25) is 0 Å². The highest BCUT2D eigenvalue weighted by molar-refractivity contribution is 6.31. The van der Waals surface area contributed by atoms with E-state index in [1.807, 2.05) is 0 Å². The van der Waals surface area contributed by atoms with Crippen LogP contribution >= 0.6 is 0 Å². The molecule has 0 saturated heterocycles. The number of nitrogens with zero attached hydrogens (tertiary/aromatic N) is 4. The zero-order chi connectivity index (χ0) is 33.8. The minimum absolute atomic E-state index is 0.259. The van der Waals surface area contributed by atoms with Crippen molar-refractivity contribution < 1.29 is 0 Å². The molecule has 11 rings (SSSR count). The Morgan fingerprint density at radius 1 is 0.490 bits per heavy atom. The first-order valence-electron chi connectivity index (χ1n) is 17.6. The lowest BCUT2D eigenvalue weighted by atomic mass is 9.80. The zero-order valence-corrected chi connectivity index (χ0v) is 28.3. The van der Waals surface area contributed by atoms with Gasteiger partial charge in [0.2, 0.25) is 5.95 Å². The van der Waals surface area contributed by atoms with Crippen molar-refractivity contribution in [2.45, 2.75) is 19.3 Å². The van der Waals surface area contributed by atoms with Crippen molar-refractivity contribution in [1.82, 2.24) is 19.1 Å². The van der Waals surface area contributed by atoms with Crippen LogP contribution in [0.15, 0.2) is 158 Å². The van der Waals surface area contributed by atoms with Crippen LogP contribution in [-0.2, 0) is 5.41 Å². The number of para-hydroxylation sites is 4. The fourth-order valence-electron chi connectivity index (χ4n) is 8.99. The van der Waals surface area contributed by atoms with Crippen molar-refractivity contribution in [3.63, 3.8) is 0 Å². The van der Waals surface area contributed by atoms with Crippen molar-refractivity contribution in [3.05, 3.63) is 169 Å². The molecule has 4 nitrogen and oxygen atoms in total. The largest absolute Gasteiger partial charge is 0.309 e. The molecule has 3 aromatic heterocycles. The van der Waals surface area contributed by atoms with Gasteiger partial charge in [-0.05, 0) is 47.0 Å². The highest BCUT2D eigenvalue weighted by Gasteiger charge is 2.41. The van der Waals surface area contributed by atoms with E-state index >= 15 is 0 Å². The van der Waals surface area contributed by atoms with Crippen LogP contribution in [0.3, 0.4) is 0 Å². The van der Waals surface area contributed by atoms with E-state index in [0.29, 0.717) is 5.95 Å². The number of hydrogen-bond donors (Lipinski definition) is 0. The number of hydrogen-bond acceptors (Lipinski definition) is 2. The van der Waals surface area contributed by atoms with E-state index in [-0.39, 0.29) is 5.41 Å². The molecule has 3 heterocycles. The molecule has 240 valence electrons. The Labute approximate surface area is 294 Å². The molecule has 0 saturated carbocycles. The molecule has 10 aromatic rings. The summed E-state index contributed by atoms with van der Waals surface area (Å²) in [5.41, 5.74) is 13.7. The summed E-state index contributed by atoms with van der Waals surface area (Å²) in [6.45, 7) is 4.79. The second-order valence-corrected chi connectivity index (χ2v) is 14.2. The predicted molar refractivity (Wildman–Crippen MR) is 211 cm³/mol. The fraction of sp³-hybridized carbons (Fsp3) is 0.0638. The summed E-state index contributed by atoms with van der Waals surface area (Å²) in [5, 5.41) is 6.01. The predicted octanol–water partition coefficient (Wildman–Crippen LogP) is 11.8. The molecule has 1 aliphatic carbocycles. The molecule has 0 aliphatic heterocycles. The van der Waals surface area contributed by atoms with Crippen LogP contribution in [0.5, 0.6) is 0 Å². The summed E-state index contributed by atoms with van der Waals surface area (Å²) in [4.78, 5) is 10.9. The molecule has 0 atom stereocenters. The van der Waals surface area contributed by atoms with Gasteiger partial charge in [0.05, 0.1) is 33.3 Å². The standard InChI is InChI=1S/C47H32N4/c1-47(2)35-25-13-9-21-31(35)39-42(47)40-33-23-11-15-27-37(33)50(30-19-7-4-8-20-30)44(40)41-34-24-12-16-28-38(34)51(45(39)41)46-48-36-26-14-10-22-32(36)43(49-46)29-17-5-3-6-18-29/h3-28H,1-2H3. The maximum Gasteiger partial charge on any atom is 0.235 e. The molecule has 0 fully saturated rings. The first-order chi connectivity index (χ1) is 25.1. The quantitative estimate of drug-likeness (QED) is 0.190. The van der Waals surface area contributed by atoms with E-state index in [1.165, 1.54) is 54.8 Å². The zero-order valence-electron chi connectivity index (χ0n) is 28.3. The summed E-state index contributed by atoms with van der Waals surface area (Å²) in [7, 11) is 0. The first-order valence-corrected chi connectivity index (χ1v) is 17.6. The molecule has 0 bridgehead atoms. The van der Waals surface area contributed by atoms with Crippen molar-refractivity contribution in [1.29, 1.82) is 0 Å². The second kappa shape index (κ2) is 10.3. The maximum absolute atomic E-state index is 5.48. The average Bonchev–Trinajstić information content (AvgIpc) is 3.78. The van der Waals surface area contributed by atoms with Gasteiger partial charge in [0, 0.05) is 49.2 Å². The van der Waals surface area contributed by atoms with E-state index in [9.17, 15) is 0 Å². The van der Waals surface area contributed by atoms with E-state index in [0.717, 1.165) is 38.9 Å². The Balaban J connectivity index is 1.43. The molecule has 0 N–H and O–H groups in total. The van der Waals surface area contributed by atoms with Crippen LogP contribution < -0.4 is 0 Å².